The highest BCUT2D eigenvalue weighted by molar-refractivity contribution is 5.88. The SMILES string of the molecule is CC(C)(C)n1nccc1NC(=O)N1CCC(C2CCOCC2)C1. The van der Waals surface area contributed by atoms with E-state index in [1.54, 1.807) is 6.20 Å². The molecule has 128 valence electrons. The van der Waals surface area contributed by atoms with Gasteiger partial charge >= 0.3 is 6.03 Å². The van der Waals surface area contributed by atoms with Gasteiger partial charge in [-0.3, -0.25) is 5.32 Å². The Balaban J connectivity index is 1.58. The third kappa shape index (κ3) is 3.68. The Morgan fingerprint density at radius 2 is 2.00 bits per heavy atom. The van der Waals surface area contributed by atoms with Crippen LogP contribution in [0.5, 0.6) is 0 Å². The maximum absolute atomic E-state index is 12.6. The van der Waals surface area contributed by atoms with Gasteiger partial charge in [0.15, 0.2) is 0 Å². The van der Waals surface area contributed by atoms with Gasteiger partial charge in [0.25, 0.3) is 0 Å². The first-order valence-electron chi connectivity index (χ1n) is 8.63. The van der Waals surface area contributed by atoms with Crippen LogP contribution in [0.2, 0.25) is 0 Å². The van der Waals surface area contributed by atoms with Gasteiger partial charge in [-0.25, -0.2) is 9.48 Å². The second-order valence-corrected chi connectivity index (χ2v) is 7.67. The van der Waals surface area contributed by atoms with Crippen molar-refractivity contribution in [2.45, 2.75) is 45.6 Å². The Kier molecular flexibility index (Phi) is 4.62. The van der Waals surface area contributed by atoms with Gasteiger partial charge in [0.1, 0.15) is 5.82 Å². The number of ether oxygens (including phenoxy) is 1. The Morgan fingerprint density at radius 3 is 2.70 bits per heavy atom. The van der Waals surface area contributed by atoms with E-state index in [1.807, 2.05) is 15.6 Å². The van der Waals surface area contributed by atoms with Crippen LogP contribution < -0.4 is 5.32 Å². The summed E-state index contributed by atoms with van der Waals surface area (Å²) in [6.45, 7) is 9.68. The van der Waals surface area contributed by atoms with E-state index in [4.69, 9.17) is 4.74 Å². The molecule has 0 radical (unpaired) electrons. The minimum Gasteiger partial charge on any atom is -0.381 e. The molecule has 6 heteroatoms. The topological polar surface area (TPSA) is 59.4 Å². The van der Waals surface area contributed by atoms with Crippen molar-refractivity contribution in [1.82, 2.24) is 14.7 Å². The first-order valence-corrected chi connectivity index (χ1v) is 8.63. The van der Waals surface area contributed by atoms with Crippen molar-refractivity contribution < 1.29 is 9.53 Å². The van der Waals surface area contributed by atoms with E-state index in [2.05, 4.69) is 31.2 Å². The van der Waals surface area contributed by atoms with Gasteiger partial charge in [0, 0.05) is 32.4 Å². The molecule has 0 aliphatic carbocycles. The Labute approximate surface area is 138 Å². The van der Waals surface area contributed by atoms with Crippen molar-refractivity contribution in [3.05, 3.63) is 12.3 Å². The summed E-state index contributed by atoms with van der Waals surface area (Å²) in [5.41, 5.74) is -0.151. The third-order valence-electron chi connectivity index (χ3n) is 4.96. The average Bonchev–Trinajstić information content (AvgIpc) is 3.16. The van der Waals surface area contributed by atoms with Gasteiger partial charge in [-0.15, -0.1) is 0 Å². The molecule has 1 aromatic heterocycles. The molecule has 0 bridgehead atoms. The highest BCUT2D eigenvalue weighted by Gasteiger charge is 2.33. The number of hydrogen-bond donors (Lipinski definition) is 1. The molecular formula is C17H28N4O2. The highest BCUT2D eigenvalue weighted by Crippen LogP contribution is 2.31. The molecule has 0 aromatic carbocycles. The Morgan fingerprint density at radius 1 is 1.26 bits per heavy atom. The molecule has 0 spiro atoms. The summed E-state index contributed by atoms with van der Waals surface area (Å²) < 4.78 is 7.30. The lowest BCUT2D eigenvalue weighted by atomic mass is 9.85. The molecule has 1 aromatic rings. The molecule has 2 fully saturated rings. The van der Waals surface area contributed by atoms with Gasteiger partial charge < -0.3 is 9.64 Å². The van der Waals surface area contributed by atoms with E-state index in [9.17, 15) is 4.79 Å². The molecule has 2 saturated heterocycles. The zero-order valence-corrected chi connectivity index (χ0v) is 14.4. The number of amides is 2. The quantitative estimate of drug-likeness (QED) is 0.911. The van der Waals surface area contributed by atoms with E-state index in [0.717, 1.165) is 51.4 Å². The van der Waals surface area contributed by atoms with E-state index in [1.165, 1.54) is 0 Å². The smallest absolute Gasteiger partial charge is 0.323 e. The number of aromatic nitrogens is 2. The minimum atomic E-state index is -0.151. The second kappa shape index (κ2) is 6.51. The average molecular weight is 320 g/mol. The normalized spacial score (nSPS) is 23.3. The van der Waals surface area contributed by atoms with E-state index < -0.39 is 0 Å². The van der Waals surface area contributed by atoms with Crippen molar-refractivity contribution in [3.8, 4) is 0 Å². The molecule has 1 atom stereocenters. The van der Waals surface area contributed by atoms with E-state index in [0.29, 0.717) is 11.8 Å². The molecule has 0 saturated carbocycles. The van der Waals surface area contributed by atoms with Crippen LogP contribution in [0.15, 0.2) is 12.3 Å². The minimum absolute atomic E-state index is 0.00874. The zero-order valence-electron chi connectivity index (χ0n) is 14.4. The first-order chi connectivity index (χ1) is 10.9. The van der Waals surface area contributed by atoms with E-state index >= 15 is 0 Å². The third-order valence-corrected chi connectivity index (χ3v) is 4.96. The largest absolute Gasteiger partial charge is 0.381 e. The van der Waals surface area contributed by atoms with Crippen molar-refractivity contribution >= 4 is 11.8 Å². The van der Waals surface area contributed by atoms with Crippen LogP contribution >= 0.6 is 0 Å². The van der Waals surface area contributed by atoms with Gasteiger partial charge in [-0.2, -0.15) is 5.10 Å². The van der Waals surface area contributed by atoms with Crippen molar-refractivity contribution in [1.29, 1.82) is 0 Å². The molecule has 2 aliphatic rings. The van der Waals surface area contributed by atoms with Crippen LogP contribution in [0.25, 0.3) is 0 Å². The van der Waals surface area contributed by atoms with Crippen LogP contribution in [-0.2, 0) is 10.3 Å². The van der Waals surface area contributed by atoms with Crippen LogP contribution in [0.3, 0.4) is 0 Å². The van der Waals surface area contributed by atoms with Gasteiger partial charge in [0.05, 0.1) is 11.7 Å². The van der Waals surface area contributed by atoms with Crippen LogP contribution in [0.4, 0.5) is 10.6 Å². The van der Waals surface area contributed by atoms with Crippen LogP contribution in [0.1, 0.15) is 40.0 Å². The Hall–Kier alpha value is -1.56. The summed E-state index contributed by atoms with van der Waals surface area (Å²) >= 11 is 0. The summed E-state index contributed by atoms with van der Waals surface area (Å²) in [5, 5.41) is 7.35. The molecule has 3 heterocycles. The predicted molar refractivity (Wildman–Crippen MR) is 89.5 cm³/mol. The molecule has 2 amide bonds. The predicted octanol–water partition coefficient (Wildman–Crippen LogP) is 2.92. The monoisotopic (exact) mass is 320 g/mol. The fraction of sp³-hybridized carbons (Fsp3) is 0.765. The van der Waals surface area contributed by atoms with Crippen molar-refractivity contribution in [2.24, 2.45) is 11.8 Å². The molecule has 6 nitrogen and oxygen atoms in total. The number of hydrogen-bond acceptors (Lipinski definition) is 3. The summed E-state index contributed by atoms with van der Waals surface area (Å²) in [7, 11) is 0. The highest BCUT2D eigenvalue weighted by atomic mass is 16.5. The maximum Gasteiger partial charge on any atom is 0.323 e. The van der Waals surface area contributed by atoms with Crippen LogP contribution in [-0.4, -0.2) is 47.0 Å². The van der Waals surface area contributed by atoms with E-state index in [-0.39, 0.29) is 11.6 Å². The lowest BCUT2D eigenvalue weighted by Crippen LogP contribution is -2.36. The molecule has 2 aliphatic heterocycles. The number of rotatable bonds is 2. The van der Waals surface area contributed by atoms with Crippen LogP contribution in [0, 0.1) is 11.8 Å². The zero-order chi connectivity index (χ0) is 16.4. The molecule has 23 heavy (non-hydrogen) atoms. The first kappa shape index (κ1) is 16.3. The lowest BCUT2D eigenvalue weighted by molar-refractivity contribution is 0.0485. The maximum atomic E-state index is 12.6. The van der Waals surface area contributed by atoms with Gasteiger partial charge in [-0.05, 0) is 51.9 Å². The van der Waals surface area contributed by atoms with Crippen molar-refractivity contribution in [3.63, 3.8) is 0 Å². The standard InChI is InChI=1S/C17H28N4O2/c1-17(2,3)21-15(4-8-18-21)19-16(22)20-9-5-14(12-20)13-6-10-23-11-7-13/h4,8,13-14H,5-7,9-12H2,1-3H3,(H,19,22). The number of urea groups is 1. The number of anilines is 1. The fourth-order valence-electron chi connectivity index (χ4n) is 3.66. The number of carbonyl (C=O) groups is 1. The van der Waals surface area contributed by atoms with Gasteiger partial charge in [-0.1, -0.05) is 0 Å². The Bertz CT molecular complexity index is 543. The second-order valence-electron chi connectivity index (χ2n) is 7.67. The molecule has 1 unspecified atom stereocenters. The molecule has 1 N–H and O–H groups in total. The number of nitrogens with one attached hydrogen (secondary N) is 1. The number of carbonyl (C=O) groups excluding carboxylic acids is 1. The summed E-state index contributed by atoms with van der Waals surface area (Å²) in [6, 6.07) is 1.85. The lowest BCUT2D eigenvalue weighted by Gasteiger charge is -2.27. The number of likely N-dealkylation sites (tertiary alicyclic amines) is 1. The summed E-state index contributed by atoms with van der Waals surface area (Å²) in [5.74, 6) is 2.09. The fourth-order valence-corrected chi connectivity index (χ4v) is 3.66. The molecular weight excluding hydrogens is 292 g/mol. The summed E-state index contributed by atoms with van der Waals surface area (Å²) in [6.07, 6.45) is 5.11. The van der Waals surface area contributed by atoms with Gasteiger partial charge in [0.2, 0.25) is 0 Å². The summed E-state index contributed by atoms with van der Waals surface area (Å²) in [4.78, 5) is 14.5. The number of nitrogens with zero attached hydrogens (tertiary/aromatic N) is 3. The van der Waals surface area contributed by atoms with Crippen molar-refractivity contribution in [2.75, 3.05) is 31.6 Å². The molecule has 3 rings (SSSR count).